The monoisotopic (exact) mass is 450 g/mol. The minimum Gasteiger partial charge on any atom is -0.338 e. The molecule has 0 amide bonds. The van der Waals surface area contributed by atoms with Gasteiger partial charge < -0.3 is 4.52 Å². The van der Waals surface area contributed by atoms with Crippen molar-refractivity contribution in [3.05, 3.63) is 57.5 Å². The molecule has 11 heteroatoms. The summed E-state index contributed by atoms with van der Waals surface area (Å²) >= 11 is 2.67. The fraction of sp³-hybridized carbons (Fsp3) is 0.263. The first kappa shape index (κ1) is 19.3. The molecule has 1 saturated carbocycles. The number of rotatable bonds is 5. The number of fused-ring (bicyclic) bond motifs is 1. The van der Waals surface area contributed by atoms with Crippen molar-refractivity contribution in [3.8, 4) is 11.4 Å². The van der Waals surface area contributed by atoms with E-state index in [1.807, 2.05) is 5.38 Å². The highest BCUT2D eigenvalue weighted by Crippen LogP contribution is 2.38. The van der Waals surface area contributed by atoms with Crippen molar-refractivity contribution in [2.24, 2.45) is 0 Å². The van der Waals surface area contributed by atoms with Crippen LogP contribution in [0.2, 0.25) is 0 Å². The van der Waals surface area contributed by atoms with Gasteiger partial charge in [-0.25, -0.2) is 4.98 Å². The largest absolute Gasteiger partial charge is 0.416 e. The van der Waals surface area contributed by atoms with Crippen molar-refractivity contribution >= 4 is 33.3 Å². The molecule has 0 unspecified atom stereocenters. The maximum Gasteiger partial charge on any atom is 0.416 e. The van der Waals surface area contributed by atoms with Crippen LogP contribution in [-0.4, -0.2) is 19.7 Å². The summed E-state index contributed by atoms with van der Waals surface area (Å²) < 4.78 is 46.3. The maximum atomic E-state index is 12.9. The van der Waals surface area contributed by atoms with Gasteiger partial charge in [0.05, 0.1) is 16.8 Å². The van der Waals surface area contributed by atoms with Gasteiger partial charge >= 0.3 is 6.18 Å². The molecule has 0 saturated heterocycles. The predicted molar refractivity (Wildman–Crippen MR) is 106 cm³/mol. The minimum absolute atomic E-state index is 0.0461. The Hall–Kier alpha value is -2.66. The molecule has 0 atom stereocenters. The van der Waals surface area contributed by atoms with E-state index >= 15 is 0 Å². The summed E-state index contributed by atoms with van der Waals surface area (Å²) in [7, 11) is 0. The van der Waals surface area contributed by atoms with Crippen LogP contribution >= 0.6 is 23.1 Å². The first-order valence-corrected chi connectivity index (χ1v) is 10.9. The van der Waals surface area contributed by atoms with Gasteiger partial charge in [0.15, 0.2) is 5.16 Å². The van der Waals surface area contributed by atoms with E-state index in [1.165, 1.54) is 35.2 Å². The first-order chi connectivity index (χ1) is 14.4. The number of benzene rings is 1. The lowest BCUT2D eigenvalue weighted by Crippen LogP contribution is -2.21. The van der Waals surface area contributed by atoms with Crippen LogP contribution < -0.4 is 5.56 Å². The molecular formula is C19H13F3N4O2S2. The Balaban J connectivity index is 1.40. The summed E-state index contributed by atoms with van der Waals surface area (Å²) in [6, 6.07) is 6.73. The van der Waals surface area contributed by atoms with E-state index in [2.05, 4.69) is 15.1 Å². The molecule has 1 aromatic carbocycles. The van der Waals surface area contributed by atoms with Crippen LogP contribution in [-0.2, 0) is 11.9 Å². The van der Waals surface area contributed by atoms with Gasteiger partial charge in [-0.3, -0.25) is 9.36 Å². The third kappa shape index (κ3) is 3.63. The van der Waals surface area contributed by atoms with Gasteiger partial charge in [-0.1, -0.05) is 29.1 Å². The quantitative estimate of drug-likeness (QED) is 0.309. The molecule has 30 heavy (non-hydrogen) atoms. The average Bonchev–Trinajstić information content (AvgIpc) is 3.24. The molecule has 4 aromatic rings. The molecule has 0 aliphatic heterocycles. The maximum absolute atomic E-state index is 12.9. The van der Waals surface area contributed by atoms with E-state index in [0.29, 0.717) is 15.4 Å². The number of nitrogens with zero attached hydrogens (tertiary/aromatic N) is 4. The Bertz CT molecular complexity index is 1290. The summed E-state index contributed by atoms with van der Waals surface area (Å²) in [4.78, 5) is 21.6. The minimum atomic E-state index is -4.45. The first-order valence-electron chi connectivity index (χ1n) is 9.03. The third-order valence-electron chi connectivity index (χ3n) is 4.63. The van der Waals surface area contributed by atoms with E-state index in [0.717, 1.165) is 25.0 Å². The molecule has 0 radical (unpaired) electrons. The lowest BCUT2D eigenvalue weighted by atomic mass is 10.1. The van der Waals surface area contributed by atoms with Crippen molar-refractivity contribution < 1.29 is 17.7 Å². The topological polar surface area (TPSA) is 73.8 Å². The van der Waals surface area contributed by atoms with Crippen LogP contribution in [0, 0.1) is 0 Å². The molecule has 154 valence electrons. The van der Waals surface area contributed by atoms with Crippen molar-refractivity contribution in [1.29, 1.82) is 0 Å². The summed E-state index contributed by atoms with van der Waals surface area (Å²) in [6.07, 6.45) is -2.57. The number of hydrogen-bond acceptors (Lipinski definition) is 7. The summed E-state index contributed by atoms with van der Waals surface area (Å²) in [5.41, 5.74) is 0.0507. The normalized spacial score (nSPS) is 14.5. The van der Waals surface area contributed by atoms with E-state index in [4.69, 9.17) is 4.52 Å². The van der Waals surface area contributed by atoms with E-state index in [-0.39, 0.29) is 34.6 Å². The summed E-state index contributed by atoms with van der Waals surface area (Å²) in [6.45, 7) is 0. The number of aromatic nitrogens is 4. The molecule has 1 aliphatic carbocycles. The molecule has 0 N–H and O–H groups in total. The molecule has 3 aromatic heterocycles. The van der Waals surface area contributed by atoms with Crippen molar-refractivity contribution in [3.63, 3.8) is 0 Å². The number of halogens is 3. The van der Waals surface area contributed by atoms with Gasteiger partial charge in [0.1, 0.15) is 4.70 Å². The van der Waals surface area contributed by atoms with Crippen LogP contribution in [0.15, 0.2) is 50.2 Å². The zero-order valence-corrected chi connectivity index (χ0v) is 16.9. The van der Waals surface area contributed by atoms with Crippen molar-refractivity contribution in [2.45, 2.75) is 36.0 Å². The number of thioether (sulfide) groups is 1. The van der Waals surface area contributed by atoms with E-state index < -0.39 is 11.7 Å². The molecule has 1 fully saturated rings. The highest BCUT2D eigenvalue weighted by molar-refractivity contribution is 7.98. The predicted octanol–water partition coefficient (Wildman–Crippen LogP) is 5.15. The van der Waals surface area contributed by atoms with Gasteiger partial charge in [-0.15, -0.1) is 11.3 Å². The van der Waals surface area contributed by atoms with Crippen LogP contribution in [0.4, 0.5) is 13.2 Å². The third-order valence-corrected chi connectivity index (χ3v) is 6.46. The fourth-order valence-electron chi connectivity index (χ4n) is 3.05. The lowest BCUT2D eigenvalue weighted by Gasteiger charge is -2.09. The second kappa shape index (κ2) is 7.24. The lowest BCUT2D eigenvalue weighted by molar-refractivity contribution is -0.137. The number of hydrogen-bond donors (Lipinski definition) is 0. The molecule has 3 heterocycles. The van der Waals surface area contributed by atoms with Gasteiger partial charge in [0.2, 0.25) is 11.7 Å². The Morgan fingerprint density at radius 3 is 2.83 bits per heavy atom. The second-order valence-corrected chi connectivity index (χ2v) is 8.67. The zero-order valence-electron chi connectivity index (χ0n) is 15.2. The zero-order chi connectivity index (χ0) is 20.9. The highest BCUT2D eigenvalue weighted by atomic mass is 32.2. The Morgan fingerprint density at radius 1 is 1.23 bits per heavy atom. The van der Waals surface area contributed by atoms with Crippen LogP contribution in [0.1, 0.15) is 30.3 Å². The molecule has 0 spiro atoms. The Labute approximate surface area is 175 Å². The van der Waals surface area contributed by atoms with E-state index in [9.17, 15) is 18.0 Å². The summed E-state index contributed by atoms with van der Waals surface area (Å²) in [5, 5.41) is 6.21. The van der Waals surface area contributed by atoms with Crippen molar-refractivity contribution in [1.82, 2.24) is 19.7 Å². The average molecular weight is 450 g/mol. The van der Waals surface area contributed by atoms with Gasteiger partial charge in [0, 0.05) is 11.6 Å². The summed E-state index contributed by atoms with van der Waals surface area (Å²) in [5.74, 6) is 0.577. The van der Waals surface area contributed by atoms with Crippen LogP contribution in [0.3, 0.4) is 0 Å². The SMILES string of the molecule is O=c1c2sccc2nc(SCc2nc(-c3cccc(C(F)(F)F)c3)no2)n1C1CC1. The molecule has 6 nitrogen and oxygen atoms in total. The van der Waals surface area contributed by atoms with Crippen molar-refractivity contribution in [2.75, 3.05) is 0 Å². The fourth-order valence-corrected chi connectivity index (χ4v) is 4.72. The second-order valence-electron chi connectivity index (χ2n) is 6.81. The number of alkyl halides is 3. The van der Waals surface area contributed by atoms with Crippen LogP contribution in [0.5, 0.6) is 0 Å². The Kier molecular flexibility index (Phi) is 4.66. The van der Waals surface area contributed by atoms with Crippen LogP contribution in [0.25, 0.3) is 21.6 Å². The molecule has 5 rings (SSSR count). The van der Waals surface area contributed by atoms with E-state index in [1.54, 1.807) is 10.6 Å². The van der Waals surface area contributed by atoms with Gasteiger partial charge in [-0.05, 0) is 36.4 Å². The standard InChI is InChI=1S/C19H13F3N4O2S2/c20-19(21,22)11-3-1-2-10(8-11)16-24-14(28-25-16)9-30-18-23-13-6-7-29-15(13)17(27)26(18)12-4-5-12/h1-3,6-8,12H,4-5,9H2. The molecule has 0 bridgehead atoms. The Morgan fingerprint density at radius 2 is 2.07 bits per heavy atom. The highest BCUT2D eigenvalue weighted by Gasteiger charge is 2.31. The number of thiophene rings is 1. The van der Waals surface area contributed by atoms with Gasteiger partial charge in [-0.2, -0.15) is 18.2 Å². The molecule has 1 aliphatic rings. The smallest absolute Gasteiger partial charge is 0.338 e. The molecular weight excluding hydrogens is 437 g/mol. The van der Waals surface area contributed by atoms with Gasteiger partial charge in [0.25, 0.3) is 5.56 Å².